The summed E-state index contributed by atoms with van der Waals surface area (Å²) in [5.41, 5.74) is 4.89. The molecule has 2 amide bonds. The van der Waals surface area contributed by atoms with Crippen molar-refractivity contribution in [1.29, 1.82) is 0 Å². The molecule has 0 aliphatic carbocycles. The van der Waals surface area contributed by atoms with E-state index in [-0.39, 0.29) is 28.4 Å². The van der Waals surface area contributed by atoms with Crippen LogP contribution in [0.25, 0.3) is 5.69 Å². The summed E-state index contributed by atoms with van der Waals surface area (Å²) in [5, 5.41) is 21.1. The zero-order valence-electron chi connectivity index (χ0n) is 10.5. The fourth-order valence-electron chi connectivity index (χ4n) is 2.23. The molecular weight excluding hydrogens is 278 g/mol. The van der Waals surface area contributed by atoms with Crippen molar-refractivity contribution in [3.8, 4) is 17.2 Å². The molecule has 0 bridgehead atoms. The van der Waals surface area contributed by atoms with Crippen LogP contribution < -0.4 is 16.6 Å². The summed E-state index contributed by atoms with van der Waals surface area (Å²) in [6, 6.07) is 4.51. The Bertz CT molecular complexity index is 869. The van der Waals surface area contributed by atoms with E-state index in [1.54, 1.807) is 0 Å². The number of nitrogens with two attached hydrogens (primary N) is 1. The number of fused-ring (bicyclic) bond motifs is 1. The predicted molar refractivity (Wildman–Crippen MR) is 71.6 cm³/mol. The molecule has 106 valence electrons. The van der Waals surface area contributed by atoms with Crippen LogP contribution >= 0.6 is 0 Å². The van der Waals surface area contributed by atoms with Gasteiger partial charge in [-0.25, -0.2) is 0 Å². The van der Waals surface area contributed by atoms with Gasteiger partial charge in [0.25, 0.3) is 17.4 Å². The number of amides is 2. The maximum Gasteiger partial charge on any atom is 0.262 e. The Kier molecular flexibility index (Phi) is 2.49. The molecule has 3 rings (SSSR count). The quantitative estimate of drug-likeness (QED) is 0.532. The third-order valence-corrected chi connectivity index (χ3v) is 3.15. The number of aromatic nitrogens is 1. The Morgan fingerprint density at radius 1 is 1.05 bits per heavy atom. The maximum absolute atomic E-state index is 12.1. The molecule has 2 aromatic rings. The Hall–Kier alpha value is -3.29. The number of imide groups is 1. The number of nitrogen functional groups attached to an aromatic ring is 1. The molecule has 0 spiro atoms. The molecule has 21 heavy (non-hydrogen) atoms. The van der Waals surface area contributed by atoms with Crippen LogP contribution in [0.2, 0.25) is 0 Å². The van der Waals surface area contributed by atoms with E-state index in [1.165, 1.54) is 12.1 Å². The number of phenolic OH excluding ortho intramolecular Hbond substituents is 2. The van der Waals surface area contributed by atoms with Gasteiger partial charge in [0, 0.05) is 12.1 Å². The highest BCUT2D eigenvalue weighted by atomic mass is 16.3. The van der Waals surface area contributed by atoms with Crippen molar-refractivity contribution in [2.45, 2.75) is 0 Å². The van der Waals surface area contributed by atoms with Gasteiger partial charge in [0.15, 0.2) is 0 Å². The zero-order valence-corrected chi connectivity index (χ0v) is 10.5. The summed E-state index contributed by atoms with van der Waals surface area (Å²) in [6.07, 6.45) is 0. The van der Waals surface area contributed by atoms with Crippen molar-refractivity contribution in [3.63, 3.8) is 0 Å². The highest BCUT2D eigenvalue weighted by Gasteiger charge is 2.32. The van der Waals surface area contributed by atoms with E-state index in [0.717, 1.165) is 16.7 Å². The molecule has 2 heterocycles. The van der Waals surface area contributed by atoms with Gasteiger partial charge in [-0.3, -0.25) is 24.3 Å². The monoisotopic (exact) mass is 287 g/mol. The number of carbonyl (C=O) groups excluding carboxylic acids is 2. The smallest absolute Gasteiger partial charge is 0.262 e. The summed E-state index contributed by atoms with van der Waals surface area (Å²) in [5.74, 6) is -2.26. The molecule has 5 N–H and O–H groups in total. The number of carbonyl (C=O) groups is 2. The highest BCUT2D eigenvalue weighted by molar-refractivity contribution is 6.23. The number of rotatable bonds is 1. The predicted octanol–water partition coefficient (Wildman–Crippen LogP) is -0.286. The lowest BCUT2D eigenvalue weighted by Crippen LogP contribution is -2.24. The van der Waals surface area contributed by atoms with E-state index < -0.39 is 23.1 Å². The normalized spacial score (nSPS) is 13.1. The van der Waals surface area contributed by atoms with Gasteiger partial charge in [0.2, 0.25) is 0 Å². The van der Waals surface area contributed by atoms with Crippen molar-refractivity contribution in [3.05, 3.63) is 45.7 Å². The van der Waals surface area contributed by atoms with Crippen LogP contribution in [-0.4, -0.2) is 26.6 Å². The summed E-state index contributed by atoms with van der Waals surface area (Å²) >= 11 is 0. The van der Waals surface area contributed by atoms with Gasteiger partial charge in [-0.15, -0.1) is 0 Å². The van der Waals surface area contributed by atoms with E-state index in [0.29, 0.717) is 0 Å². The standard InChI is InChI=1S/C13H9N3O5/c14-11-10-6(12(20)15-13(10)21)4-9(19)16(11)7-2-1-5(17)3-8(7)18/h1-4,17-18H,14H2,(H,15,20,21). The molecule has 0 radical (unpaired) electrons. The minimum Gasteiger partial charge on any atom is -0.508 e. The van der Waals surface area contributed by atoms with Gasteiger partial charge >= 0.3 is 0 Å². The molecule has 8 heteroatoms. The van der Waals surface area contributed by atoms with Crippen molar-refractivity contribution in [1.82, 2.24) is 9.88 Å². The van der Waals surface area contributed by atoms with Crippen molar-refractivity contribution in [2.75, 3.05) is 5.73 Å². The maximum atomic E-state index is 12.1. The molecule has 1 aromatic heterocycles. The number of hydrogen-bond donors (Lipinski definition) is 4. The molecule has 0 saturated heterocycles. The fourth-order valence-corrected chi connectivity index (χ4v) is 2.23. The lowest BCUT2D eigenvalue weighted by atomic mass is 10.1. The van der Waals surface area contributed by atoms with E-state index in [1.807, 2.05) is 5.32 Å². The molecule has 0 atom stereocenters. The van der Waals surface area contributed by atoms with Crippen LogP contribution in [0.4, 0.5) is 5.82 Å². The largest absolute Gasteiger partial charge is 0.508 e. The second-order valence-corrected chi connectivity index (χ2v) is 4.45. The minimum absolute atomic E-state index is 0.00903. The Morgan fingerprint density at radius 2 is 1.76 bits per heavy atom. The number of aromatic hydroxyl groups is 2. The van der Waals surface area contributed by atoms with E-state index in [4.69, 9.17) is 5.73 Å². The van der Waals surface area contributed by atoms with E-state index >= 15 is 0 Å². The number of nitrogens with one attached hydrogen (secondary N) is 1. The number of hydrogen-bond acceptors (Lipinski definition) is 6. The van der Waals surface area contributed by atoms with Crippen LogP contribution in [0.3, 0.4) is 0 Å². The van der Waals surface area contributed by atoms with Gasteiger partial charge < -0.3 is 15.9 Å². The van der Waals surface area contributed by atoms with Crippen LogP contribution in [0, 0.1) is 0 Å². The van der Waals surface area contributed by atoms with E-state index in [9.17, 15) is 24.6 Å². The van der Waals surface area contributed by atoms with Crippen LogP contribution in [0.5, 0.6) is 11.5 Å². The molecule has 0 unspecified atom stereocenters. The molecule has 0 fully saturated rings. The summed E-state index contributed by atoms with van der Waals surface area (Å²) < 4.78 is 0.895. The summed E-state index contributed by atoms with van der Waals surface area (Å²) in [4.78, 5) is 35.3. The first-order valence-electron chi connectivity index (χ1n) is 5.83. The third-order valence-electron chi connectivity index (χ3n) is 3.15. The third kappa shape index (κ3) is 1.73. The Balaban J connectivity index is 2.35. The Labute approximate surface area is 117 Å². The molecule has 0 saturated carbocycles. The molecule has 1 aromatic carbocycles. The van der Waals surface area contributed by atoms with Crippen LogP contribution in [0.15, 0.2) is 29.1 Å². The van der Waals surface area contributed by atoms with Gasteiger partial charge in [-0.2, -0.15) is 0 Å². The van der Waals surface area contributed by atoms with Crippen molar-refractivity contribution < 1.29 is 19.8 Å². The van der Waals surface area contributed by atoms with E-state index in [2.05, 4.69) is 0 Å². The first-order chi connectivity index (χ1) is 9.90. The number of phenols is 2. The van der Waals surface area contributed by atoms with Crippen molar-refractivity contribution in [2.24, 2.45) is 0 Å². The van der Waals surface area contributed by atoms with Gasteiger partial charge in [-0.05, 0) is 12.1 Å². The average Bonchev–Trinajstić information content (AvgIpc) is 2.67. The topological polar surface area (TPSA) is 135 Å². The Morgan fingerprint density at radius 3 is 2.43 bits per heavy atom. The van der Waals surface area contributed by atoms with Crippen LogP contribution in [-0.2, 0) is 0 Å². The number of pyridine rings is 1. The lowest BCUT2D eigenvalue weighted by molar-refractivity contribution is 0.0880. The summed E-state index contributed by atoms with van der Waals surface area (Å²) in [6.45, 7) is 0. The number of anilines is 1. The molecule has 1 aliphatic rings. The highest BCUT2D eigenvalue weighted by Crippen LogP contribution is 2.29. The first kappa shape index (κ1) is 12.7. The molecular formula is C13H9N3O5. The molecule has 1 aliphatic heterocycles. The van der Waals surface area contributed by atoms with Gasteiger partial charge in [0.05, 0.1) is 16.8 Å². The lowest BCUT2D eigenvalue weighted by Gasteiger charge is -2.13. The molecule has 8 nitrogen and oxygen atoms in total. The average molecular weight is 287 g/mol. The fraction of sp³-hybridized carbons (Fsp3) is 0. The zero-order chi connectivity index (χ0) is 15.3. The second kappa shape index (κ2) is 4.10. The minimum atomic E-state index is -0.709. The van der Waals surface area contributed by atoms with Gasteiger partial charge in [-0.1, -0.05) is 0 Å². The second-order valence-electron chi connectivity index (χ2n) is 4.45. The SMILES string of the molecule is Nc1c2c(cc(=O)n1-c1ccc(O)cc1O)C(=O)NC2=O. The first-order valence-corrected chi connectivity index (χ1v) is 5.83. The number of nitrogens with zero attached hydrogens (tertiary/aromatic N) is 1. The van der Waals surface area contributed by atoms with Crippen molar-refractivity contribution >= 4 is 17.6 Å². The summed E-state index contributed by atoms with van der Waals surface area (Å²) in [7, 11) is 0. The number of benzene rings is 1. The van der Waals surface area contributed by atoms with Gasteiger partial charge in [0.1, 0.15) is 17.3 Å². The van der Waals surface area contributed by atoms with Crippen LogP contribution in [0.1, 0.15) is 20.7 Å².